The average Bonchev–Trinajstić information content (AvgIpc) is 3.08. The zero-order chi connectivity index (χ0) is 17.0. The molecule has 0 aromatic heterocycles. The largest absolute Gasteiger partial charge is 0.493 e. The lowest BCUT2D eigenvalue weighted by molar-refractivity contribution is -0.117. The van der Waals surface area contributed by atoms with Gasteiger partial charge in [0.05, 0.1) is 17.8 Å². The Kier molecular flexibility index (Phi) is 6.00. The fourth-order valence-electron chi connectivity index (χ4n) is 3.06. The van der Waals surface area contributed by atoms with Gasteiger partial charge in [0, 0.05) is 12.8 Å². The van der Waals surface area contributed by atoms with Gasteiger partial charge in [0.15, 0.2) is 17.8 Å². The molecule has 0 radical (unpaired) electrons. The first kappa shape index (κ1) is 18.0. The molecule has 1 aromatic rings. The molecule has 4 nitrogen and oxygen atoms in total. The number of hydrogen-bond donors (Lipinski definition) is 0. The first-order valence-electron chi connectivity index (χ1n) is 8.37. The Labute approximate surface area is 152 Å². The summed E-state index contributed by atoms with van der Waals surface area (Å²) in [6.07, 6.45) is 3.44. The van der Waals surface area contributed by atoms with E-state index in [9.17, 15) is 4.79 Å². The van der Waals surface area contributed by atoms with Crippen molar-refractivity contribution >= 4 is 29.3 Å². The maximum Gasteiger partial charge on any atom is 0.200 e. The van der Waals surface area contributed by atoms with Crippen LogP contribution in [0.1, 0.15) is 38.2 Å². The molecule has 0 saturated carbocycles. The average molecular weight is 369 g/mol. The van der Waals surface area contributed by atoms with Gasteiger partial charge in [0.1, 0.15) is 5.78 Å². The van der Waals surface area contributed by atoms with Crippen LogP contribution >= 0.6 is 23.5 Å². The van der Waals surface area contributed by atoms with E-state index >= 15 is 0 Å². The first-order valence-corrected chi connectivity index (χ1v) is 10.3. The molecule has 0 bridgehead atoms. The van der Waals surface area contributed by atoms with Gasteiger partial charge < -0.3 is 14.2 Å². The molecule has 1 atom stereocenters. The summed E-state index contributed by atoms with van der Waals surface area (Å²) < 4.78 is 16.9. The molecule has 0 aliphatic carbocycles. The number of hydrogen-bond acceptors (Lipinski definition) is 6. The molecule has 2 fully saturated rings. The molecule has 2 heterocycles. The van der Waals surface area contributed by atoms with E-state index in [1.807, 2.05) is 35.7 Å². The molecule has 0 amide bonds. The minimum atomic E-state index is -0.217. The summed E-state index contributed by atoms with van der Waals surface area (Å²) in [6.45, 7) is 2.41. The van der Waals surface area contributed by atoms with Crippen LogP contribution in [0, 0.1) is 0 Å². The van der Waals surface area contributed by atoms with Gasteiger partial charge in [-0.25, -0.2) is 0 Å². The summed E-state index contributed by atoms with van der Waals surface area (Å²) in [7, 11) is 1.65. The highest BCUT2D eigenvalue weighted by Crippen LogP contribution is 2.54. The topological polar surface area (TPSA) is 44.8 Å². The number of ether oxygens (including phenoxy) is 3. The molecule has 0 N–H and O–H groups in total. The second-order valence-corrected chi connectivity index (χ2v) is 9.15. The van der Waals surface area contributed by atoms with Crippen LogP contribution in [-0.4, -0.2) is 37.3 Å². The van der Waals surface area contributed by atoms with Crippen molar-refractivity contribution in [1.29, 1.82) is 0 Å². The van der Waals surface area contributed by atoms with Gasteiger partial charge >= 0.3 is 0 Å². The third-order valence-corrected chi connectivity index (χ3v) is 7.58. The molecule has 132 valence electrons. The van der Waals surface area contributed by atoms with Crippen molar-refractivity contribution in [3.05, 3.63) is 23.8 Å². The van der Waals surface area contributed by atoms with Crippen LogP contribution in [0.25, 0.3) is 0 Å². The summed E-state index contributed by atoms with van der Waals surface area (Å²) in [5.74, 6) is 3.78. The molecule has 2 saturated heterocycles. The molecule has 2 aliphatic heterocycles. The van der Waals surface area contributed by atoms with E-state index in [-0.39, 0.29) is 16.2 Å². The predicted molar refractivity (Wildman–Crippen MR) is 99.1 cm³/mol. The summed E-state index contributed by atoms with van der Waals surface area (Å²) in [6, 6.07) is 6.04. The standard InChI is InChI=1S/C18H24O4S2/c1-13(19)12-18(23-9-4-10-24-18)14-6-7-15(20-2)16(11-14)22-17-5-3-8-21-17/h6-7,11,17H,3-5,8-10,12H2,1-2H3. The van der Waals surface area contributed by atoms with Crippen LogP contribution in [0.5, 0.6) is 11.5 Å². The Bertz CT molecular complexity index is 578. The van der Waals surface area contributed by atoms with Crippen molar-refractivity contribution in [3.63, 3.8) is 0 Å². The van der Waals surface area contributed by atoms with E-state index in [4.69, 9.17) is 14.2 Å². The predicted octanol–water partition coefficient (Wildman–Crippen LogP) is 4.21. The molecule has 2 aliphatic rings. The zero-order valence-electron chi connectivity index (χ0n) is 14.2. The summed E-state index contributed by atoms with van der Waals surface area (Å²) in [5, 5.41) is 0. The van der Waals surface area contributed by atoms with Crippen LogP contribution in [0.4, 0.5) is 0 Å². The summed E-state index contributed by atoms with van der Waals surface area (Å²) in [5.41, 5.74) is 1.13. The van der Waals surface area contributed by atoms with Crippen molar-refractivity contribution in [2.75, 3.05) is 25.2 Å². The van der Waals surface area contributed by atoms with E-state index in [1.54, 1.807) is 14.0 Å². The SMILES string of the molecule is COc1ccc(C2(CC(C)=O)SCCCS2)cc1OC1CCCO1. The van der Waals surface area contributed by atoms with Crippen molar-refractivity contribution in [2.24, 2.45) is 0 Å². The van der Waals surface area contributed by atoms with Crippen molar-refractivity contribution in [3.8, 4) is 11.5 Å². The van der Waals surface area contributed by atoms with Crippen molar-refractivity contribution in [1.82, 2.24) is 0 Å². The fourth-order valence-corrected chi connectivity index (χ4v) is 6.51. The summed E-state index contributed by atoms with van der Waals surface area (Å²) >= 11 is 3.74. The van der Waals surface area contributed by atoms with Crippen molar-refractivity contribution < 1.29 is 19.0 Å². The number of rotatable bonds is 6. The number of Topliss-reactive ketones (excluding diaryl/α,β-unsaturated/α-hetero) is 1. The Hall–Kier alpha value is -0.850. The van der Waals surface area contributed by atoms with E-state index in [0.29, 0.717) is 17.9 Å². The zero-order valence-corrected chi connectivity index (χ0v) is 15.8. The molecular weight excluding hydrogens is 344 g/mol. The minimum absolute atomic E-state index is 0.204. The number of carbonyl (C=O) groups excluding carboxylic acids is 1. The highest BCUT2D eigenvalue weighted by atomic mass is 32.2. The third kappa shape index (κ3) is 4.03. The number of carbonyl (C=O) groups is 1. The quantitative estimate of drug-likeness (QED) is 0.749. The lowest BCUT2D eigenvalue weighted by Gasteiger charge is -2.36. The molecule has 3 rings (SSSR count). The summed E-state index contributed by atoms with van der Waals surface area (Å²) in [4.78, 5) is 11.9. The van der Waals surface area contributed by atoms with Crippen LogP contribution in [0.3, 0.4) is 0 Å². The van der Waals surface area contributed by atoms with E-state index in [0.717, 1.165) is 36.5 Å². The molecule has 1 unspecified atom stereocenters. The lowest BCUT2D eigenvalue weighted by Crippen LogP contribution is -2.25. The van der Waals surface area contributed by atoms with Gasteiger partial charge in [-0.3, -0.25) is 4.79 Å². The van der Waals surface area contributed by atoms with Crippen LogP contribution < -0.4 is 9.47 Å². The number of ketones is 1. The van der Waals surface area contributed by atoms with Crippen LogP contribution in [0.2, 0.25) is 0 Å². The molecule has 0 spiro atoms. The highest BCUT2D eigenvalue weighted by Gasteiger charge is 2.37. The van der Waals surface area contributed by atoms with E-state index in [2.05, 4.69) is 6.07 Å². The highest BCUT2D eigenvalue weighted by molar-refractivity contribution is 8.18. The monoisotopic (exact) mass is 368 g/mol. The minimum Gasteiger partial charge on any atom is -0.493 e. The second-order valence-electron chi connectivity index (χ2n) is 6.11. The van der Waals surface area contributed by atoms with Gasteiger partial charge in [-0.2, -0.15) is 0 Å². The van der Waals surface area contributed by atoms with Crippen molar-refractivity contribution in [2.45, 2.75) is 43.0 Å². The molecule has 1 aromatic carbocycles. The maximum atomic E-state index is 11.9. The Balaban J connectivity index is 1.91. The Morgan fingerprint density at radius 2 is 2.08 bits per heavy atom. The van der Waals surface area contributed by atoms with Gasteiger partial charge in [-0.1, -0.05) is 6.07 Å². The Morgan fingerprint density at radius 1 is 1.29 bits per heavy atom. The smallest absolute Gasteiger partial charge is 0.200 e. The Morgan fingerprint density at radius 3 is 2.71 bits per heavy atom. The fraction of sp³-hybridized carbons (Fsp3) is 0.611. The number of benzene rings is 1. The lowest BCUT2D eigenvalue weighted by atomic mass is 10.1. The maximum absolute atomic E-state index is 11.9. The molecule has 24 heavy (non-hydrogen) atoms. The number of thioether (sulfide) groups is 2. The van der Waals surface area contributed by atoms with Crippen LogP contribution in [-0.2, 0) is 13.6 Å². The van der Waals surface area contributed by atoms with Gasteiger partial charge in [0.25, 0.3) is 0 Å². The molecule has 6 heteroatoms. The second kappa shape index (κ2) is 8.02. The van der Waals surface area contributed by atoms with E-state index < -0.39 is 0 Å². The van der Waals surface area contributed by atoms with Gasteiger partial charge in [-0.15, -0.1) is 23.5 Å². The normalized spacial score (nSPS) is 23.0. The van der Waals surface area contributed by atoms with E-state index in [1.165, 1.54) is 6.42 Å². The van der Waals surface area contributed by atoms with Gasteiger partial charge in [0.2, 0.25) is 0 Å². The molecular formula is C18H24O4S2. The third-order valence-electron chi connectivity index (χ3n) is 4.19. The van der Waals surface area contributed by atoms with Gasteiger partial charge in [-0.05, 0) is 49.0 Å². The number of methoxy groups -OCH3 is 1. The van der Waals surface area contributed by atoms with Crippen LogP contribution in [0.15, 0.2) is 18.2 Å². The first-order chi connectivity index (χ1) is 11.6.